The average Bonchev–Trinajstić information content (AvgIpc) is 2.28. The Hall–Kier alpha value is -1.75. The smallest absolute Gasteiger partial charge is 0.240 e. The second-order valence-electron chi connectivity index (χ2n) is 5.58. The lowest BCUT2D eigenvalue weighted by atomic mass is 10.1. The van der Waals surface area contributed by atoms with Crippen LogP contribution < -0.4 is 16.4 Å². The standard InChI is InChI=1S/C14H20ClN3O2/c1-14(2,3)18-12(19)8-11(13(16)20)17-10-7-5-4-6-9(10)15/h4-7,11,17H,8H2,1-3H3,(H2,16,20)(H,18,19). The van der Waals surface area contributed by atoms with E-state index in [1.807, 2.05) is 20.8 Å². The molecule has 0 fully saturated rings. The zero-order valence-electron chi connectivity index (χ0n) is 11.9. The van der Waals surface area contributed by atoms with Gasteiger partial charge >= 0.3 is 0 Å². The summed E-state index contributed by atoms with van der Waals surface area (Å²) in [5.74, 6) is -0.852. The molecule has 0 aromatic heterocycles. The quantitative estimate of drug-likeness (QED) is 0.776. The molecular formula is C14H20ClN3O2. The van der Waals surface area contributed by atoms with Gasteiger partial charge in [-0.3, -0.25) is 9.59 Å². The van der Waals surface area contributed by atoms with Crippen LogP contribution in [0.4, 0.5) is 5.69 Å². The van der Waals surface area contributed by atoms with Crippen LogP contribution in [0.25, 0.3) is 0 Å². The van der Waals surface area contributed by atoms with Gasteiger partial charge in [-0.25, -0.2) is 0 Å². The third-order valence-corrected chi connectivity index (χ3v) is 2.78. The summed E-state index contributed by atoms with van der Waals surface area (Å²) in [4.78, 5) is 23.3. The highest BCUT2D eigenvalue weighted by Crippen LogP contribution is 2.21. The van der Waals surface area contributed by atoms with Crippen LogP contribution in [0.5, 0.6) is 0 Å². The summed E-state index contributed by atoms with van der Waals surface area (Å²) >= 11 is 6.00. The van der Waals surface area contributed by atoms with Crippen molar-refractivity contribution in [3.63, 3.8) is 0 Å². The molecule has 0 aliphatic rings. The second-order valence-corrected chi connectivity index (χ2v) is 5.99. The summed E-state index contributed by atoms with van der Waals surface area (Å²) < 4.78 is 0. The molecule has 0 heterocycles. The summed E-state index contributed by atoms with van der Waals surface area (Å²) in [7, 11) is 0. The third kappa shape index (κ3) is 5.48. The number of rotatable bonds is 5. The fourth-order valence-corrected chi connectivity index (χ4v) is 1.83. The van der Waals surface area contributed by atoms with Crippen molar-refractivity contribution in [3.05, 3.63) is 29.3 Å². The molecule has 2 amide bonds. The lowest BCUT2D eigenvalue weighted by Crippen LogP contribution is -2.45. The van der Waals surface area contributed by atoms with Crippen molar-refractivity contribution < 1.29 is 9.59 Å². The number of nitrogens with two attached hydrogens (primary N) is 1. The van der Waals surface area contributed by atoms with Crippen LogP contribution in [0.3, 0.4) is 0 Å². The van der Waals surface area contributed by atoms with Crippen molar-refractivity contribution in [1.29, 1.82) is 0 Å². The van der Waals surface area contributed by atoms with Gasteiger partial charge in [0, 0.05) is 5.54 Å². The van der Waals surface area contributed by atoms with Crippen LogP contribution in [0.2, 0.25) is 5.02 Å². The molecule has 0 radical (unpaired) electrons. The number of carbonyl (C=O) groups excluding carboxylic acids is 2. The molecule has 20 heavy (non-hydrogen) atoms. The maximum atomic E-state index is 11.9. The number of para-hydroxylation sites is 1. The minimum Gasteiger partial charge on any atom is -0.372 e. The fraction of sp³-hybridized carbons (Fsp3) is 0.429. The van der Waals surface area contributed by atoms with Gasteiger partial charge in [0.25, 0.3) is 0 Å². The number of anilines is 1. The van der Waals surface area contributed by atoms with Crippen molar-refractivity contribution in [2.45, 2.75) is 38.8 Å². The van der Waals surface area contributed by atoms with Crippen molar-refractivity contribution in [1.82, 2.24) is 5.32 Å². The normalized spacial score (nSPS) is 12.6. The highest BCUT2D eigenvalue weighted by Gasteiger charge is 2.22. The first-order valence-corrected chi connectivity index (χ1v) is 6.68. The fourth-order valence-electron chi connectivity index (χ4n) is 1.64. The van der Waals surface area contributed by atoms with E-state index in [9.17, 15) is 9.59 Å². The molecule has 0 bridgehead atoms. The molecule has 1 aromatic carbocycles. The Morgan fingerprint density at radius 2 is 1.90 bits per heavy atom. The molecule has 1 aromatic rings. The van der Waals surface area contributed by atoms with Crippen molar-refractivity contribution in [3.8, 4) is 0 Å². The first kappa shape index (κ1) is 16.3. The SMILES string of the molecule is CC(C)(C)NC(=O)CC(Nc1ccccc1Cl)C(N)=O. The Labute approximate surface area is 123 Å². The molecule has 0 spiro atoms. The number of benzene rings is 1. The molecule has 1 unspecified atom stereocenters. The van der Waals surface area contributed by atoms with Gasteiger partial charge in [-0.1, -0.05) is 23.7 Å². The van der Waals surface area contributed by atoms with Gasteiger partial charge in [0.1, 0.15) is 6.04 Å². The van der Waals surface area contributed by atoms with Gasteiger partial charge in [0.05, 0.1) is 17.1 Å². The second kappa shape index (κ2) is 6.61. The molecule has 1 atom stereocenters. The third-order valence-electron chi connectivity index (χ3n) is 2.45. The van der Waals surface area contributed by atoms with Crippen LogP contribution in [0, 0.1) is 0 Å². The highest BCUT2D eigenvalue weighted by molar-refractivity contribution is 6.33. The number of amides is 2. The van der Waals surface area contributed by atoms with Gasteiger partial charge in [0.2, 0.25) is 11.8 Å². The van der Waals surface area contributed by atoms with Crippen LogP contribution in [0.1, 0.15) is 27.2 Å². The van der Waals surface area contributed by atoms with Crippen LogP contribution in [0.15, 0.2) is 24.3 Å². The minimum atomic E-state index is -0.808. The van der Waals surface area contributed by atoms with Gasteiger partial charge < -0.3 is 16.4 Å². The predicted molar refractivity (Wildman–Crippen MR) is 80.6 cm³/mol. The summed E-state index contributed by atoms with van der Waals surface area (Å²) in [5.41, 5.74) is 5.54. The molecule has 0 saturated heterocycles. The number of hydrogen-bond acceptors (Lipinski definition) is 3. The van der Waals surface area contributed by atoms with Crippen molar-refractivity contribution in [2.24, 2.45) is 5.73 Å². The summed E-state index contributed by atoms with van der Waals surface area (Å²) in [6.45, 7) is 5.60. The average molecular weight is 298 g/mol. The Kier molecular flexibility index (Phi) is 5.39. The number of nitrogens with one attached hydrogen (secondary N) is 2. The molecular weight excluding hydrogens is 278 g/mol. The number of hydrogen-bond donors (Lipinski definition) is 3. The Bertz CT molecular complexity index is 497. The van der Waals surface area contributed by atoms with Gasteiger partial charge in [-0.15, -0.1) is 0 Å². The van der Waals surface area contributed by atoms with Crippen LogP contribution in [-0.4, -0.2) is 23.4 Å². The topological polar surface area (TPSA) is 84.2 Å². The van der Waals surface area contributed by atoms with E-state index >= 15 is 0 Å². The van der Waals surface area contributed by atoms with E-state index < -0.39 is 11.9 Å². The summed E-state index contributed by atoms with van der Waals surface area (Å²) in [5, 5.41) is 6.15. The molecule has 110 valence electrons. The van der Waals surface area contributed by atoms with E-state index in [0.717, 1.165) is 0 Å². The van der Waals surface area contributed by atoms with Gasteiger partial charge in [-0.2, -0.15) is 0 Å². The van der Waals surface area contributed by atoms with Crippen molar-refractivity contribution >= 4 is 29.1 Å². The lowest BCUT2D eigenvalue weighted by molar-refractivity contribution is -0.126. The largest absolute Gasteiger partial charge is 0.372 e. The first-order valence-electron chi connectivity index (χ1n) is 6.30. The number of halogens is 1. The minimum absolute atomic E-state index is 0.0438. The van der Waals surface area contributed by atoms with E-state index in [0.29, 0.717) is 10.7 Å². The molecule has 0 aliphatic carbocycles. The molecule has 4 N–H and O–H groups in total. The van der Waals surface area contributed by atoms with Crippen LogP contribution >= 0.6 is 11.6 Å². The predicted octanol–water partition coefficient (Wildman–Crippen LogP) is 1.91. The number of primary amides is 1. The summed E-state index contributed by atoms with van der Waals surface area (Å²) in [6, 6.07) is 6.16. The monoisotopic (exact) mass is 297 g/mol. The molecule has 6 heteroatoms. The molecule has 0 aliphatic heterocycles. The van der Waals surface area contributed by atoms with E-state index in [4.69, 9.17) is 17.3 Å². The van der Waals surface area contributed by atoms with Gasteiger partial charge in [0.15, 0.2) is 0 Å². The zero-order chi connectivity index (χ0) is 15.3. The molecule has 1 rings (SSSR count). The molecule has 0 saturated carbocycles. The Morgan fingerprint density at radius 3 is 2.40 bits per heavy atom. The Balaban J connectivity index is 2.74. The zero-order valence-corrected chi connectivity index (χ0v) is 12.6. The Morgan fingerprint density at radius 1 is 1.30 bits per heavy atom. The summed E-state index contributed by atoms with van der Waals surface area (Å²) in [6.07, 6.45) is -0.0438. The van der Waals surface area contributed by atoms with Crippen molar-refractivity contribution in [2.75, 3.05) is 5.32 Å². The van der Waals surface area contributed by atoms with E-state index in [2.05, 4.69) is 10.6 Å². The van der Waals surface area contributed by atoms with Gasteiger partial charge in [-0.05, 0) is 32.9 Å². The van der Waals surface area contributed by atoms with E-state index in [1.165, 1.54) is 0 Å². The maximum Gasteiger partial charge on any atom is 0.240 e. The van der Waals surface area contributed by atoms with E-state index in [-0.39, 0.29) is 17.9 Å². The van der Waals surface area contributed by atoms with E-state index in [1.54, 1.807) is 24.3 Å². The first-order chi connectivity index (χ1) is 9.19. The highest BCUT2D eigenvalue weighted by atomic mass is 35.5. The lowest BCUT2D eigenvalue weighted by Gasteiger charge is -2.23. The number of carbonyl (C=O) groups is 2. The maximum absolute atomic E-state index is 11.9. The van der Waals surface area contributed by atoms with Crippen LogP contribution in [-0.2, 0) is 9.59 Å². The molecule has 5 nitrogen and oxygen atoms in total.